The zero-order valence-corrected chi connectivity index (χ0v) is 19.3. The van der Waals surface area contributed by atoms with Crippen molar-refractivity contribution in [2.45, 2.75) is 20.0 Å². The number of methoxy groups -OCH3 is 1. The molecule has 1 saturated heterocycles. The molecule has 0 bridgehead atoms. The summed E-state index contributed by atoms with van der Waals surface area (Å²) < 4.78 is 13.0. The molecule has 0 spiro atoms. The number of carbonyl (C=O) groups excluding carboxylic acids is 1. The number of nitrogens with zero attached hydrogens (tertiary/aromatic N) is 4. The van der Waals surface area contributed by atoms with E-state index in [1.807, 2.05) is 54.1 Å². The number of hydrogen-bond donors (Lipinski definition) is 0. The largest absolute Gasteiger partial charge is 0.494 e. The molecule has 0 unspecified atom stereocenters. The van der Waals surface area contributed by atoms with Crippen LogP contribution in [0.1, 0.15) is 23.0 Å². The maximum Gasteiger partial charge on any atom is 0.275 e. The second-order valence-corrected chi connectivity index (χ2v) is 8.20. The molecule has 0 saturated carbocycles. The fourth-order valence-electron chi connectivity index (χ4n) is 4.06. The average Bonchev–Trinajstić information content (AvgIpc) is 3.21. The van der Waals surface area contributed by atoms with Gasteiger partial charge < -0.3 is 14.4 Å². The standard InChI is InChI=1S/C24H29ClN4O3/c1-3-28(17-18-7-4-5-9-20(18)25)24(30)22-19-8-6-10-21(31-2)23(19)29(26-22)12-11-27-13-15-32-16-14-27/h4-10H,3,11-17H2,1-2H3. The molecule has 2 aromatic carbocycles. The third kappa shape index (κ3) is 4.75. The van der Waals surface area contributed by atoms with Crippen molar-refractivity contribution in [2.24, 2.45) is 0 Å². The summed E-state index contributed by atoms with van der Waals surface area (Å²) in [5.41, 5.74) is 2.20. The fraction of sp³-hybridized carbons (Fsp3) is 0.417. The Bertz CT molecular complexity index is 1080. The molecule has 1 fully saturated rings. The molecular formula is C24H29ClN4O3. The molecule has 2 heterocycles. The van der Waals surface area contributed by atoms with E-state index < -0.39 is 0 Å². The first-order chi connectivity index (χ1) is 15.6. The van der Waals surface area contributed by atoms with Crippen LogP contribution in [-0.4, -0.2) is 72.0 Å². The van der Waals surface area contributed by atoms with Crippen LogP contribution in [0.2, 0.25) is 5.02 Å². The number of amides is 1. The molecule has 0 aliphatic carbocycles. The molecule has 3 aromatic rings. The number of ether oxygens (including phenoxy) is 2. The Kier molecular flexibility index (Phi) is 7.29. The van der Waals surface area contributed by atoms with Gasteiger partial charge in [0.25, 0.3) is 5.91 Å². The van der Waals surface area contributed by atoms with Gasteiger partial charge in [-0.25, -0.2) is 0 Å². The highest BCUT2D eigenvalue weighted by Gasteiger charge is 2.24. The van der Waals surface area contributed by atoms with Gasteiger partial charge in [-0.15, -0.1) is 0 Å². The summed E-state index contributed by atoms with van der Waals surface area (Å²) in [6, 6.07) is 13.4. The zero-order valence-electron chi connectivity index (χ0n) is 18.6. The van der Waals surface area contributed by atoms with Gasteiger partial charge in [0.2, 0.25) is 0 Å². The molecule has 4 rings (SSSR count). The van der Waals surface area contributed by atoms with E-state index in [4.69, 9.17) is 26.2 Å². The van der Waals surface area contributed by atoms with Crippen LogP contribution in [0.15, 0.2) is 42.5 Å². The molecule has 1 aliphatic heterocycles. The molecule has 0 N–H and O–H groups in total. The first-order valence-corrected chi connectivity index (χ1v) is 11.4. The summed E-state index contributed by atoms with van der Waals surface area (Å²) in [7, 11) is 1.64. The average molecular weight is 457 g/mol. The van der Waals surface area contributed by atoms with Crippen molar-refractivity contribution in [1.29, 1.82) is 0 Å². The molecule has 1 amide bonds. The van der Waals surface area contributed by atoms with Gasteiger partial charge in [0, 0.05) is 43.1 Å². The molecule has 1 aliphatic rings. The van der Waals surface area contributed by atoms with Gasteiger partial charge in [0.15, 0.2) is 5.69 Å². The Balaban J connectivity index is 1.65. The highest BCUT2D eigenvalue weighted by atomic mass is 35.5. The van der Waals surface area contributed by atoms with Crippen LogP contribution in [0.5, 0.6) is 5.75 Å². The quantitative estimate of drug-likeness (QED) is 0.517. The Morgan fingerprint density at radius 3 is 2.66 bits per heavy atom. The molecule has 0 atom stereocenters. The summed E-state index contributed by atoms with van der Waals surface area (Å²) in [6.45, 7) is 7.77. The van der Waals surface area contributed by atoms with Gasteiger partial charge in [0.05, 0.1) is 26.9 Å². The normalized spacial score (nSPS) is 14.6. The minimum atomic E-state index is -0.115. The predicted molar refractivity (Wildman–Crippen MR) is 125 cm³/mol. The van der Waals surface area contributed by atoms with Crippen molar-refractivity contribution < 1.29 is 14.3 Å². The van der Waals surface area contributed by atoms with E-state index in [1.54, 1.807) is 12.0 Å². The maximum atomic E-state index is 13.6. The van der Waals surface area contributed by atoms with E-state index in [0.717, 1.165) is 49.3 Å². The van der Waals surface area contributed by atoms with Crippen molar-refractivity contribution in [2.75, 3.05) is 46.5 Å². The van der Waals surface area contributed by atoms with Gasteiger partial charge in [-0.1, -0.05) is 41.9 Å². The van der Waals surface area contributed by atoms with Crippen LogP contribution in [0.25, 0.3) is 10.9 Å². The first kappa shape index (κ1) is 22.6. The third-order valence-corrected chi connectivity index (χ3v) is 6.24. The van der Waals surface area contributed by atoms with Gasteiger partial charge in [-0.05, 0) is 24.6 Å². The van der Waals surface area contributed by atoms with Crippen molar-refractivity contribution in [3.63, 3.8) is 0 Å². The molecule has 7 nitrogen and oxygen atoms in total. The molecule has 0 radical (unpaired) electrons. The van der Waals surface area contributed by atoms with E-state index in [0.29, 0.717) is 36.1 Å². The number of halogens is 1. The van der Waals surface area contributed by atoms with Crippen molar-refractivity contribution in [1.82, 2.24) is 19.6 Å². The van der Waals surface area contributed by atoms with Crippen LogP contribution in [0.4, 0.5) is 0 Å². The van der Waals surface area contributed by atoms with Crippen LogP contribution in [0, 0.1) is 0 Å². The summed E-state index contributed by atoms with van der Waals surface area (Å²) in [5.74, 6) is 0.598. The number of aromatic nitrogens is 2. The summed E-state index contributed by atoms with van der Waals surface area (Å²) >= 11 is 6.34. The summed E-state index contributed by atoms with van der Waals surface area (Å²) in [5, 5.41) is 6.22. The summed E-state index contributed by atoms with van der Waals surface area (Å²) in [4.78, 5) is 17.7. The van der Waals surface area contributed by atoms with E-state index in [2.05, 4.69) is 4.90 Å². The van der Waals surface area contributed by atoms with Crippen molar-refractivity contribution in [3.05, 3.63) is 58.7 Å². The van der Waals surface area contributed by atoms with Crippen LogP contribution in [-0.2, 0) is 17.8 Å². The van der Waals surface area contributed by atoms with Crippen molar-refractivity contribution in [3.8, 4) is 5.75 Å². The minimum absolute atomic E-state index is 0.115. The SMILES string of the molecule is CCN(Cc1ccccc1Cl)C(=O)c1nn(CCN2CCOCC2)c2c(OC)cccc12. The molecule has 8 heteroatoms. The fourth-order valence-corrected chi connectivity index (χ4v) is 4.25. The molecule has 1 aromatic heterocycles. The number of carbonyl (C=O) groups is 1. The van der Waals surface area contributed by atoms with Gasteiger partial charge in [-0.3, -0.25) is 14.4 Å². The Hall–Kier alpha value is -2.61. The minimum Gasteiger partial charge on any atom is -0.494 e. The second-order valence-electron chi connectivity index (χ2n) is 7.79. The van der Waals surface area contributed by atoms with E-state index in [1.165, 1.54) is 0 Å². The molecular weight excluding hydrogens is 428 g/mol. The number of hydrogen-bond acceptors (Lipinski definition) is 5. The Morgan fingerprint density at radius 2 is 1.94 bits per heavy atom. The Morgan fingerprint density at radius 1 is 1.16 bits per heavy atom. The number of fused-ring (bicyclic) bond motifs is 1. The lowest BCUT2D eigenvalue weighted by Crippen LogP contribution is -2.38. The van der Waals surface area contributed by atoms with Gasteiger partial charge in [0.1, 0.15) is 11.3 Å². The molecule has 32 heavy (non-hydrogen) atoms. The Labute approximate surface area is 193 Å². The van der Waals surface area contributed by atoms with Crippen LogP contribution in [0.3, 0.4) is 0 Å². The third-order valence-electron chi connectivity index (χ3n) is 5.88. The smallest absolute Gasteiger partial charge is 0.275 e. The number of rotatable bonds is 8. The van der Waals surface area contributed by atoms with Gasteiger partial charge >= 0.3 is 0 Å². The van der Waals surface area contributed by atoms with Crippen molar-refractivity contribution >= 4 is 28.4 Å². The van der Waals surface area contributed by atoms with Crippen LogP contribution < -0.4 is 4.74 Å². The second kappa shape index (κ2) is 10.3. The predicted octanol–water partition coefficient (Wildman–Crippen LogP) is 3.69. The highest BCUT2D eigenvalue weighted by molar-refractivity contribution is 6.31. The monoisotopic (exact) mass is 456 g/mol. The van der Waals surface area contributed by atoms with Gasteiger partial charge in [-0.2, -0.15) is 5.10 Å². The molecule has 170 valence electrons. The topological polar surface area (TPSA) is 59.8 Å². The number of benzene rings is 2. The number of morpholine rings is 1. The lowest BCUT2D eigenvalue weighted by molar-refractivity contribution is 0.0361. The number of para-hydroxylation sites is 1. The van der Waals surface area contributed by atoms with E-state index >= 15 is 0 Å². The maximum absolute atomic E-state index is 13.6. The van der Waals surface area contributed by atoms with E-state index in [9.17, 15) is 4.79 Å². The zero-order chi connectivity index (χ0) is 22.5. The lowest BCUT2D eigenvalue weighted by atomic mass is 10.1. The van der Waals surface area contributed by atoms with Crippen LogP contribution >= 0.6 is 11.6 Å². The van der Waals surface area contributed by atoms with E-state index in [-0.39, 0.29) is 5.91 Å². The highest BCUT2D eigenvalue weighted by Crippen LogP contribution is 2.29. The summed E-state index contributed by atoms with van der Waals surface area (Å²) in [6.07, 6.45) is 0. The first-order valence-electron chi connectivity index (χ1n) is 11.0. The lowest BCUT2D eigenvalue weighted by Gasteiger charge is -2.26.